The molecule has 8 heteroatoms. The number of aromatic nitrogens is 3. The largest absolute Gasteiger partial charge is 0.502 e. The number of aromatic hydroxyl groups is 1. The molecule has 134 valence electrons. The lowest BCUT2D eigenvalue weighted by atomic mass is 10.1. The zero-order chi connectivity index (χ0) is 18.5. The maximum Gasteiger partial charge on any atom is 0.216 e. The van der Waals surface area contributed by atoms with E-state index in [-0.39, 0.29) is 5.75 Å². The zero-order valence-electron chi connectivity index (χ0n) is 14.3. The summed E-state index contributed by atoms with van der Waals surface area (Å²) in [6.07, 6.45) is 2.19. The second-order valence-electron chi connectivity index (χ2n) is 5.44. The summed E-state index contributed by atoms with van der Waals surface area (Å²) in [5.41, 5.74) is 1.79. The first-order chi connectivity index (χ1) is 12.6. The minimum atomic E-state index is -0.0585. The van der Waals surface area contributed by atoms with Crippen molar-refractivity contribution in [3.8, 4) is 17.2 Å². The molecule has 0 radical (unpaired) electrons. The summed E-state index contributed by atoms with van der Waals surface area (Å²) in [5, 5.41) is 21.4. The van der Waals surface area contributed by atoms with E-state index in [2.05, 4.69) is 15.3 Å². The average Bonchev–Trinajstić information content (AvgIpc) is 3.01. The molecule has 0 unspecified atom stereocenters. The third-order valence-electron chi connectivity index (χ3n) is 3.75. The van der Waals surface area contributed by atoms with E-state index < -0.39 is 0 Å². The Kier molecular flexibility index (Phi) is 5.33. The fraction of sp³-hybridized carbons (Fsp3) is 0.167. The molecule has 1 aromatic heterocycles. The molecule has 26 heavy (non-hydrogen) atoms. The maximum absolute atomic E-state index is 9.99. The maximum atomic E-state index is 9.99. The number of hydrogen-bond donors (Lipinski definition) is 2. The molecule has 2 aromatic carbocycles. The van der Waals surface area contributed by atoms with Gasteiger partial charge in [-0.2, -0.15) is 14.9 Å². The number of phenols is 1. The molecule has 0 atom stereocenters. The second-order valence-corrected chi connectivity index (χ2v) is 5.82. The van der Waals surface area contributed by atoms with Gasteiger partial charge in [-0.3, -0.25) is 5.10 Å². The lowest BCUT2D eigenvalue weighted by Crippen LogP contribution is -2.00. The van der Waals surface area contributed by atoms with Gasteiger partial charge in [0.1, 0.15) is 0 Å². The molecule has 1 heterocycles. The van der Waals surface area contributed by atoms with E-state index in [4.69, 9.17) is 21.7 Å². The number of H-pyrrole nitrogens is 1. The van der Waals surface area contributed by atoms with Crippen LogP contribution in [0.4, 0.5) is 0 Å². The van der Waals surface area contributed by atoms with Crippen LogP contribution >= 0.6 is 12.2 Å². The standard InChI is InChI=1S/C18H18N4O3S/c1-24-14-8-13(9-15(25-2)17(14)23)11-19-22-16(20-21-18(22)26)10-12-6-4-3-5-7-12/h3-9,11,23H,10H2,1-2H3,(H,21,26)/b19-11-. The SMILES string of the molecule is COc1cc(/C=N\n2c(Cc3ccccc3)n[nH]c2=S)cc(OC)c1O. The van der Waals surface area contributed by atoms with E-state index in [9.17, 15) is 5.11 Å². The Morgan fingerprint density at radius 3 is 2.46 bits per heavy atom. The van der Waals surface area contributed by atoms with Crippen LogP contribution < -0.4 is 9.47 Å². The van der Waals surface area contributed by atoms with E-state index in [1.807, 2.05) is 30.3 Å². The Morgan fingerprint density at radius 2 is 1.85 bits per heavy atom. The van der Waals surface area contributed by atoms with Crippen LogP contribution in [0.2, 0.25) is 0 Å². The number of nitrogens with zero attached hydrogens (tertiary/aromatic N) is 3. The highest BCUT2D eigenvalue weighted by Crippen LogP contribution is 2.36. The van der Waals surface area contributed by atoms with Gasteiger partial charge in [0, 0.05) is 12.0 Å². The van der Waals surface area contributed by atoms with Crippen LogP contribution in [0.1, 0.15) is 17.0 Å². The van der Waals surface area contributed by atoms with Crippen LogP contribution in [0.25, 0.3) is 0 Å². The van der Waals surface area contributed by atoms with Gasteiger partial charge in [-0.1, -0.05) is 30.3 Å². The number of hydrogen-bond acceptors (Lipinski definition) is 6. The molecule has 0 aliphatic rings. The highest BCUT2D eigenvalue weighted by Gasteiger charge is 2.11. The van der Waals surface area contributed by atoms with Gasteiger partial charge in [-0.05, 0) is 29.9 Å². The molecule has 3 rings (SSSR count). The van der Waals surface area contributed by atoms with E-state index in [0.29, 0.717) is 34.1 Å². The number of phenolic OH excluding ortho intramolecular Hbond substituents is 1. The van der Waals surface area contributed by atoms with Gasteiger partial charge in [0.25, 0.3) is 0 Å². The monoisotopic (exact) mass is 370 g/mol. The van der Waals surface area contributed by atoms with Crippen molar-refractivity contribution in [2.24, 2.45) is 5.10 Å². The van der Waals surface area contributed by atoms with Crippen molar-refractivity contribution in [2.75, 3.05) is 14.2 Å². The van der Waals surface area contributed by atoms with Crippen LogP contribution in [-0.2, 0) is 6.42 Å². The lowest BCUT2D eigenvalue weighted by molar-refractivity contribution is 0.340. The first-order valence-corrected chi connectivity index (χ1v) is 8.22. The van der Waals surface area contributed by atoms with Gasteiger partial charge in [0.05, 0.1) is 20.4 Å². The zero-order valence-corrected chi connectivity index (χ0v) is 15.2. The molecular formula is C18H18N4O3S. The minimum absolute atomic E-state index is 0.0585. The number of aromatic amines is 1. The fourth-order valence-corrected chi connectivity index (χ4v) is 2.65. The molecule has 0 saturated carbocycles. The molecule has 0 spiro atoms. The number of methoxy groups -OCH3 is 2. The summed E-state index contributed by atoms with van der Waals surface area (Å²) in [5.74, 6) is 1.23. The predicted molar refractivity (Wildman–Crippen MR) is 101 cm³/mol. The Balaban J connectivity index is 1.92. The summed E-state index contributed by atoms with van der Waals surface area (Å²) in [6.45, 7) is 0. The van der Waals surface area contributed by atoms with Crippen molar-refractivity contribution < 1.29 is 14.6 Å². The third-order valence-corrected chi connectivity index (χ3v) is 4.01. The molecule has 0 aliphatic heterocycles. The molecule has 7 nitrogen and oxygen atoms in total. The average molecular weight is 370 g/mol. The summed E-state index contributed by atoms with van der Waals surface area (Å²) in [4.78, 5) is 0. The molecule has 0 amide bonds. The van der Waals surface area contributed by atoms with Crippen LogP contribution in [0.5, 0.6) is 17.2 Å². The summed E-state index contributed by atoms with van der Waals surface area (Å²) in [7, 11) is 2.94. The van der Waals surface area contributed by atoms with Gasteiger partial charge in [0.15, 0.2) is 17.3 Å². The fourth-order valence-electron chi connectivity index (χ4n) is 2.45. The summed E-state index contributed by atoms with van der Waals surface area (Å²) < 4.78 is 12.3. The van der Waals surface area contributed by atoms with Crippen molar-refractivity contribution in [2.45, 2.75) is 6.42 Å². The van der Waals surface area contributed by atoms with Gasteiger partial charge < -0.3 is 14.6 Å². The van der Waals surface area contributed by atoms with E-state index in [0.717, 1.165) is 5.56 Å². The van der Waals surface area contributed by atoms with Crippen LogP contribution in [-0.4, -0.2) is 40.4 Å². The first-order valence-electron chi connectivity index (χ1n) is 7.82. The first kappa shape index (κ1) is 17.7. The smallest absolute Gasteiger partial charge is 0.216 e. The number of rotatable bonds is 6. The topological polar surface area (TPSA) is 84.7 Å². The molecule has 0 saturated heterocycles. The van der Waals surface area contributed by atoms with Gasteiger partial charge >= 0.3 is 0 Å². The predicted octanol–water partition coefficient (Wildman–Crippen LogP) is 3.14. The molecule has 0 aliphatic carbocycles. The Hall–Kier alpha value is -3.13. The third kappa shape index (κ3) is 3.75. The van der Waals surface area contributed by atoms with Crippen LogP contribution in [0, 0.1) is 4.77 Å². The Morgan fingerprint density at radius 1 is 1.19 bits per heavy atom. The van der Waals surface area contributed by atoms with Crippen molar-refractivity contribution >= 4 is 18.4 Å². The Labute approximate surface area is 155 Å². The molecule has 0 fully saturated rings. The molecule has 3 aromatic rings. The lowest BCUT2D eigenvalue weighted by Gasteiger charge is -2.09. The van der Waals surface area contributed by atoms with Crippen molar-refractivity contribution in [3.63, 3.8) is 0 Å². The van der Waals surface area contributed by atoms with Crippen LogP contribution in [0.15, 0.2) is 47.6 Å². The normalized spacial score (nSPS) is 11.0. The van der Waals surface area contributed by atoms with Crippen molar-refractivity contribution in [1.29, 1.82) is 0 Å². The highest BCUT2D eigenvalue weighted by molar-refractivity contribution is 7.71. The van der Waals surface area contributed by atoms with Crippen molar-refractivity contribution in [3.05, 3.63) is 64.2 Å². The van der Waals surface area contributed by atoms with Crippen molar-refractivity contribution in [1.82, 2.24) is 14.9 Å². The minimum Gasteiger partial charge on any atom is -0.502 e. The van der Waals surface area contributed by atoms with E-state index in [1.54, 1.807) is 23.0 Å². The number of ether oxygens (including phenoxy) is 2. The Bertz CT molecular complexity index is 955. The second kappa shape index (κ2) is 7.83. The quantitative estimate of drug-likeness (QED) is 0.514. The molecule has 2 N–H and O–H groups in total. The van der Waals surface area contributed by atoms with Gasteiger partial charge in [0.2, 0.25) is 10.5 Å². The molecular weight excluding hydrogens is 352 g/mol. The van der Waals surface area contributed by atoms with E-state index >= 15 is 0 Å². The van der Waals surface area contributed by atoms with Gasteiger partial charge in [-0.15, -0.1) is 0 Å². The van der Waals surface area contributed by atoms with E-state index in [1.165, 1.54) is 14.2 Å². The summed E-state index contributed by atoms with van der Waals surface area (Å²) in [6, 6.07) is 13.2. The number of nitrogens with one attached hydrogen (secondary N) is 1. The summed E-state index contributed by atoms with van der Waals surface area (Å²) >= 11 is 5.26. The van der Waals surface area contributed by atoms with Gasteiger partial charge in [-0.25, -0.2) is 0 Å². The van der Waals surface area contributed by atoms with Crippen LogP contribution in [0.3, 0.4) is 0 Å². The number of benzene rings is 2. The molecule has 0 bridgehead atoms. The highest BCUT2D eigenvalue weighted by atomic mass is 32.1.